The number of aryl methyl sites for hydroxylation is 1. The van der Waals surface area contributed by atoms with Crippen LogP contribution in [0.3, 0.4) is 0 Å². The van der Waals surface area contributed by atoms with E-state index in [-0.39, 0.29) is 18.1 Å². The fourth-order valence-corrected chi connectivity index (χ4v) is 2.29. The van der Waals surface area contributed by atoms with Crippen LogP contribution in [0.25, 0.3) is 0 Å². The lowest BCUT2D eigenvalue weighted by Gasteiger charge is -2.23. The highest BCUT2D eigenvalue weighted by Crippen LogP contribution is 2.16. The summed E-state index contributed by atoms with van der Waals surface area (Å²) in [6, 6.07) is 1.70. The molecule has 2 atom stereocenters. The van der Waals surface area contributed by atoms with Crippen molar-refractivity contribution in [2.75, 3.05) is 20.3 Å². The Kier molecular flexibility index (Phi) is 4.38. The van der Waals surface area contributed by atoms with Gasteiger partial charge in [0.1, 0.15) is 0 Å². The molecule has 1 aliphatic heterocycles. The molecule has 5 nitrogen and oxygen atoms in total. The highest BCUT2D eigenvalue weighted by atomic mass is 16.5. The van der Waals surface area contributed by atoms with Crippen LogP contribution in [0.1, 0.15) is 28.9 Å². The largest absolute Gasteiger partial charge is 0.382 e. The molecule has 2 unspecified atom stereocenters. The van der Waals surface area contributed by atoms with E-state index in [1.165, 1.54) is 0 Å². The van der Waals surface area contributed by atoms with Gasteiger partial charge >= 0.3 is 0 Å². The summed E-state index contributed by atoms with van der Waals surface area (Å²) >= 11 is 0. The van der Waals surface area contributed by atoms with Crippen molar-refractivity contribution in [2.45, 2.75) is 31.9 Å². The van der Waals surface area contributed by atoms with Gasteiger partial charge in [0.25, 0.3) is 5.91 Å². The summed E-state index contributed by atoms with van der Waals surface area (Å²) in [4.78, 5) is 15.1. The van der Waals surface area contributed by atoms with Crippen molar-refractivity contribution < 1.29 is 14.3 Å². The predicted octanol–water partition coefficient (Wildman–Crippen LogP) is 1.25. The summed E-state index contributed by atoms with van der Waals surface area (Å²) < 4.78 is 10.8. The maximum absolute atomic E-state index is 12.1. The van der Waals surface area contributed by atoms with Crippen molar-refractivity contribution in [1.82, 2.24) is 10.3 Å². The number of nitrogens with one attached hydrogen (secondary N) is 2. The molecule has 1 saturated heterocycles. The van der Waals surface area contributed by atoms with E-state index >= 15 is 0 Å². The van der Waals surface area contributed by atoms with E-state index < -0.39 is 0 Å². The quantitative estimate of drug-likeness (QED) is 0.829. The van der Waals surface area contributed by atoms with Crippen molar-refractivity contribution in [2.24, 2.45) is 0 Å². The average Bonchev–Trinajstić information content (AvgIpc) is 2.98. The Labute approximate surface area is 107 Å². The highest BCUT2D eigenvalue weighted by Gasteiger charge is 2.28. The number of carbonyl (C=O) groups excluding carboxylic acids is 1. The van der Waals surface area contributed by atoms with Crippen molar-refractivity contribution in [1.29, 1.82) is 0 Å². The lowest BCUT2D eigenvalue weighted by molar-refractivity contribution is 0.0403. The molecule has 2 heterocycles. The van der Waals surface area contributed by atoms with Gasteiger partial charge in [-0.2, -0.15) is 0 Å². The van der Waals surface area contributed by atoms with Crippen LogP contribution in [0.15, 0.2) is 12.3 Å². The summed E-state index contributed by atoms with van der Waals surface area (Å²) in [6.07, 6.45) is 3.85. The van der Waals surface area contributed by atoms with E-state index in [1.54, 1.807) is 19.4 Å². The Bertz CT molecular complexity index is 397. The predicted molar refractivity (Wildman–Crippen MR) is 67.6 cm³/mol. The Morgan fingerprint density at radius 3 is 3.11 bits per heavy atom. The summed E-state index contributed by atoms with van der Waals surface area (Å²) in [5, 5.41) is 2.99. The van der Waals surface area contributed by atoms with Crippen molar-refractivity contribution in [3.05, 3.63) is 23.5 Å². The molecule has 1 aliphatic rings. The van der Waals surface area contributed by atoms with Crippen LogP contribution in [-0.4, -0.2) is 43.4 Å². The number of methoxy groups -OCH3 is 1. The van der Waals surface area contributed by atoms with Crippen molar-refractivity contribution >= 4 is 5.91 Å². The first-order valence-corrected chi connectivity index (χ1v) is 6.27. The van der Waals surface area contributed by atoms with Crippen molar-refractivity contribution in [3.63, 3.8) is 0 Å². The van der Waals surface area contributed by atoms with Crippen LogP contribution < -0.4 is 5.32 Å². The molecule has 0 saturated carbocycles. The van der Waals surface area contributed by atoms with E-state index in [2.05, 4.69) is 10.3 Å². The number of H-pyrrole nitrogens is 1. The molecule has 5 heteroatoms. The molecule has 2 rings (SSSR count). The normalized spacial score (nSPS) is 20.9. The van der Waals surface area contributed by atoms with Gasteiger partial charge in [-0.1, -0.05) is 0 Å². The molecule has 0 bridgehead atoms. The summed E-state index contributed by atoms with van der Waals surface area (Å²) in [7, 11) is 1.63. The third-order valence-electron chi connectivity index (χ3n) is 3.27. The molecule has 18 heavy (non-hydrogen) atoms. The van der Waals surface area contributed by atoms with Crippen LogP contribution in [0.4, 0.5) is 0 Å². The molecule has 0 radical (unpaired) electrons. The lowest BCUT2D eigenvalue weighted by Crippen LogP contribution is -2.46. The zero-order chi connectivity index (χ0) is 13.0. The van der Waals surface area contributed by atoms with Crippen LogP contribution in [-0.2, 0) is 9.47 Å². The molecular weight excluding hydrogens is 232 g/mol. The van der Waals surface area contributed by atoms with Gasteiger partial charge < -0.3 is 19.8 Å². The zero-order valence-electron chi connectivity index (χ0n) is 10.9. The van der Waals surface area contributed by atoms with Crippen LogP contribution in [0.5, 0.6) is 0 Å². The number of hydrogen-bond acceptors (Lipinski definition) is 3. The molecule has 0 aromatic carbocycles. The fraction of sp³-hybridized carbons (Fsp3) is 0.615. The number of aromatic nitrogens is 1. The molecule has 1 aromatic rings. The van der Waals surface area contributed by atoms with E-state index in [1.807, 2.05) is 6.92 Å². The maximum Gasteiger partial charge on any atom is 0.253 e. The molecule has 1 aromatic heterocycles. The number of aromatic amines is 1. The molecule has 0 aliphatic carbocycles. The van der Waals surface area contributed by atoms with Gasteiger partial charge in [-0.25, -0.2) is 0 Å². The number of hydrogen-bond donors (Lipinski definition) is 2. The fourth-order valence-electron chi connectivity index (χ4n) is 2.29. The highest BCUT2D eigenvalue weighted by molar-refractivity contribution is 5.95. The smallest absolute Gasteiger partial charge is 0.253 e. The maximum atomic E-state index is 12.1. The van der Waals surface area contributed by atoms with Gasteiger partial charge in [0.2, 0.25) is 0 Å². The van der Waals surface area contributed by atoms with Gasteiger partial charge in [0, 0.05) is 25.6 Å². The van der Waals surface area contributed by atoms with E-state index in [0.717, 1.165) is 25.1 Å². The standard InChI is InChI=1S/C13H20N2O3/c1-9-10(5-6-14-9)13(16)15-11(8-17-2)12-4-3-7-18-12/h5-6,11-12,14H,3-4,7-8H2,1-2H3,(H,15,16). The molecular formula is C13H20N2O3. The Morgan fingerprint density at radius 1 is 1.72 bits per heavy atom. The first kappa shape index (κ1) is 13.1. The minimum absolute atomic E-state index is 0.0631. The minimum atomic E-state index is -0.0840. The number of ether oxygens (including phenoxy) is 2. The molecule has 100 valence electrons. The van der Waals surface area contributed by atoms with Crippen molar-refractivity contribution in [3.8, 4) is 0 Å². The second kappa shape index (κ2) is 6.02. The number of rotatable bonds is 5. The van der Waals surface area contributed by atoms with E-state index in [0.29, 0.717) is 12.2 Å². The first-order valence-electron chi connectivity index (χ1n) is 6.27. The average molecular weight is 252 g/mol. The van der Waals surface area contributed by atoms with E-state index in [9.17, 15) is 4.79 Å². The van der Waals surface area contributed by atoms with Crippen LogP contribution in [0, 0.1) is 6.92 Å². The van der Waals surface area contributed by atoms with Gasteiger partial charge in [-0.05, 0) is 25.8 Å². The molecule has 0 spiro atoms. The molecule has 2 N–H and O–H groups in total. The summed E-state index contributed by atoms with van der Waals surface area (Å²) in [6.45, 7) is 3.12. The summed E-state index contributed by atoms with van der Waals surface area (Å²) in [5.74, 6) is -0.0775. The summed E-state index contributed by atoms with van der Waals surface area (Å²) in [5.41, 5.74) is 1.55. The number of amides is 1. The second-order valence-corrected chi connectivity index (χ2v) is 4.60. The van der Waals surface area contributed by atoms with Crippen LogP contribution in [0.2, 0.25) is 0 Å². The molecule has 1 fully saturated rings. The molecule has 1 amide bonds. The Hall–Kier alpha value is -1.33. The third kappa shape index (κ3) is 2.91. The third-order valence-corrected chi connectivity index (χ3v) is 3.27. The zero-order valence-corrected chi connectivity index (χ0v) is 10.9. The number of carbonyl (C=O) groups is 1. The first-order chi connectivity index (χ1) is 8.72. The minimum Gasteiger partial charge on any atom is -0.382 e. The van der Waals surface area contributed by atoms with Gasteiger partial charge in [0.15, 0.2) is 0 Å². The van der Waals surface area contributed by atoms with E-state index in [4.69, 9.17) is 9.47 Å². The topological polar surface area (TPSA) is 63.3 Å². The van der Waals surface area contributed by atoms with Gasteiger partial charge in [-0.15, -0.1) is 0 Å². The lowest BCUT2D eigenvalue weighted by atomic mass is 10.1. The van der Waals surface area contributed by atoms with Gasteiger partial charge in [-0.3, -0.25) is 4.79 Å². The van der Waals surface area contributed by atoms with Crippen LogP contribution >= 0.6 is 0 Å². The Balaban J connectivity index is 2.00. The second-order valence-electron chi connectivity index (χ2n) is 4.60. The van der Waals surface area contributed by atoms with Gasteiger partial charge in [0.05, 0.1) is 24.3 Å². The monoisotopic (exact) mass is 252 g/mol. The SMILES string of the molecule is COCC(NC(=O)c1cc[nH]c1C)C1CCCO1. The Morgan fingerprint density at radius 2 is 2.56 bits per heavy atom.